The Morgan fingerprint density at radius 3 is 2.89 bits per heavy atom. The van der Waals surface area contributed by atoms with Crippen LogP contribution in [0.4, 0.5) is 5.69 Å². The van der Waals surface area contributed by atoms with E-state index in [0.29, 0.717) is 24.4 Å². The van der Waals surface area contributed by atoms with E-state index in [9.17, 15) is 9.59 Å². The maximum absolute atomic E-state index is 11.9. The molecule has 0 N–H and O–H groups in total. The number of carbonyl (C=O) groups excluding carboxylic acids is 2. The second-order valence-electron chi connectivity index (χ2n) is 4.65. The third-order valence-corrected chi connectivity index (χ3v) is 3.38. The highest BCUT2D eigenvalue weighted by atomic mass is 35.5. The molecule has 1 aliphatic heterocycles. The molecule has 1 aliphatic rings. The van der Waals surface area contributed by atoms with Crippen molar-refractivity contribution in [3.63, 3.8) is 0 Å². The zero-order valence-electron chi connectivity index (χ0n) is 10.4. The van der Waals surface area contributed by atoms with E-state index in [1.807, 2.05) is 18.2 Å². The van der Waals surface area contributed by atoms with E-state index >= 15 is 0 Å². The van der Waals surface area contributed by atoms with Gasteiger partial charge >= 0.3 is 0 Å². The molecule has 1 aromatic carbocycles. The van der Waals surface area contributed by atoms with E-state index in [1.165, 1.54) is 0 Å². The zero-order valence-corrected chi connectivity index (χ0v) is 11.2. The van der Waals surface area contributed by atoms with Crippen LogP contribution < -0.4 is 4.90 Å². The minimum Gasteiger partial charge on any atom is -0.312 e. The Hall–Kier alpha value is -1.35. The number of ketones is 1. The average molecular weight is 266 g/mol. The van der Waals surface area contributed by atoms with Crippen LogP contribution >= 0.6 is 11.6 Å². The molecule has 0 aromatic heterocycles. The van der Waals surface area contributed by atoms with Gasteiger partial charge in [-0.25, -0.2) is 0 Å². The first kappa shape index (κ1) is 13.1. The molecule has 3 nitrogen and oxygen atoms in total. The number of unbranched alkanes of at least 4 members (excludes halogenated alkanes) is 1. The maximum atomic E-state index is 11.9. The van der Waals surface area contributed by atoms with Gasteiger partial charge in [-0.2, -0.15) is 0 Å². The first-order valence-corrected chi connectivity index (χ1v) is 6.54. The van der Waals surface area contributed by atoms with Crippen molar-refractivity contribution in [1.29, 1.82) is 0 Å². The number of hydrogen-bond acceptors (Lipinski definition) is 2. The van der Waals surface area contributed by atoms with Crippen LogP contribution in [-0.4, -0.2) is 18.2 Å². The fraction of sp³-hybridized carbons (Fsp3) is 0.429. The van der Waals surface area contributed by atoms with Crippen molar-refractivity contribution in [1.82, 2.24) is 0 Å². The van der Waals surface area contributed by atoms with Crippen molar-refractivity contribution in [3.8, 4) is 0 Å². The van der Waals surface area contributed by atoms with Crippen molar-refractivity contribution < 1.29 is 9.59 Å². The number of fused-ring (bicyclic) bond motifs is 1. The summed E-state index contributed by atoms with van der Waals surface area (Å²) in [4.78, 5) is 24.5. The fourth-order valence-electron chi connectivity index (χ4n) is 2.22. The molecular formula is C14H16ClNO2. The molecule has 0 spiro atoms. The number of rotatable bonds is 5. The minimum atomic E-state index is 0.120. The molecule has 1 aromatic rings. The minimum absolute atomic E-state index is 0.120. The number of halogens is 1. The van der Waals surface area contributed by atoms with E-state index in [4.69, 9.17) is 11.6 Å². The molecule has 0 radical (unpaired) electrons. The highest BCUT2D eigenvalue weighted by Crippen LogP contribution is 2.31. The lowest BCUT2D eigenvalue weighted by Gasteiger charge is -2.17. The summed E-state index contributed by atoms with van der Waals surface area (Å²) in [6.07, 6.45) is 2.72. The Bertz CT molecular complexity index is 485. The lowest BCUT2D eigenvalue weighted by molar-refractivity contribution is -0.117. The first-order valence-electron chi connectivity index (χ1n) is 6.16. The molecule has 0 saturated carbocycles. The molecule has 4 heteroatoms. The lowest BCUT2D eigenvalue weighted by Crippen LogP contribution is -2.27. The first-order chi connectivity index (χ1) is 8.58. The number of nitrogens with zero attached hydrogens (tertiary/aromatic N) is 1. The van der Waals surface area contributed by atoms with Crippen LogP contribution in [0.3, 0.4) is 0 Å². The largest absolute Gasteiger partial charge is 0.312 e. The van der Waals surface area contributed by atoms with Gasteiger partial charge in [0.2, 0.25) is 5.91 Å². The Kier molecular flexibility index (Phi) is 4.02. The molecular weight excluding hydrogens is 250 g/mol. The Morgan fingerprint density at radius 1 is 1.39 bits per heavy atom. The van der Waals surface area contributed by atoms with Gasteiger partial charge in [0.15, 0.2) is 0 Å². The molecule has 1 heterocycles. The Morgan fingerprint density at radius 2 is 2.17 bits per heavy atom. The normalized spacial score (nSPS) is 13.9. The molecule has 0 aliphatic carbocycles. The topological polar surface area (TPSA) is 37.4 Å². The standard InChI is InChI=1S/C14H16ClNO2/c1-10(17)4-2-3-7-16-13-9-12(15)6-5-11(13)8-14(16)18/h5-6,9H,2-4,7-8H2,1H3. The molecule has 18 heavy (non-hydrogen) atoms. The summed E-state index contributed by atoms with van der Waals surface area (Å²) in [7, 11) is 0. The van der Waals surface area contributed by atoms with Crippen LogP contribution in [0, 0.1) is 0 Å². The molecule has 2 rings (SSSR count). The van der Waals surface area contributed by atoms with Gasteiger partial charge in [-0.3, -0.25) is 4.79 Å². The number of Topliss-reactive ketones (excluding diaryl/α,β-unsaturated/α-hetero) is 1. The van der Waals surface area contributed by atoms with Crippen molar-refractivity contribution >= 4 is 29.0 Å². The van der Waals surface area contributed by atoms with Crippen LogP contribution in [0.25, 0.3) is 0 Å². The van der Waals surface area contributed by atoms with Gasteiger partial charge in [0.25, 0.3) is 0 Å². The molecule has 1 amide bonds. The molecule has 0 fully saturated rings. The number of carbonyl (C=O) groups is 2. The number of benzene rings is 1. The van der Waals surface area contributed by atoms with Crippen LogP contribution in [-0.2, 0) is 16.0 Å². The number of hydrogen-bond donors (Lipinski definition) is 0. The van der Waals surface area contributed by atoms with E-state index in [-0.39, 0.29) is 11.7 Å². The highest BCUT2D eigenvalue weighted by molar-refractivity contribution is 6.31. The fourth-order valence-corrected chi connectivity index (χ4v) is 2.39. The third-order valence-electron chi connectivity index (χ3n) is 3.14. The van der Waals surface area contributed by atoms with Crippen molar-refractivity contribution in [2.24, 2.45) is 0 Å². The molecule has 0 atom stereocenters. The second kappa shape index (κ2) is 5.53. The van der Waals surface area contributed by atoms with Crippen LogP contribution in [0.2, 0.25) is 5.02 Å². The predicted molar refractivity (Wildman–Crippen MR) is 72.0 cm³/mol. The quantitative estimate of drug-likeness (QED) is 0.768. The van der Waals surface area contributed by atoms with Gasteiger partial charge < -0.3 is 9.69 Å². The molecule has 0 unspecified atom stereocenters. The third kappa shape index (κ3) is 2.91. The van der Waals surface area contributed by atoms with E-state index in [2.05, 4.69) is 0 Å². The van der Waals surface area contributed by atoms with E-state index in [0.717, 1.165) is 24.1 Å². The lowest BCUT2D eigenvalue weighted by atomic mass is 10.1. The monoisotopic (exact) mass is 265 g/mol. The van der Waals surface area contributed by atoms with Crippen LogP contribution in [0.5, 0.6) is 0 Å². The van der Waals surface area contributed by atoms with Crippen LogP contribution in [0.15, 0.2) is 18.2 Å². The zero-order chi connectivity index (χ0) is 13.1. The second-order valence-corrected chi connectivity index (χ2v) is 5.09. The summed E-state index contributed by atoms with van der Waals surface area (Å²) in [6.45, 7) is 2.26. The molecule has 0 saturated heterocycles. The van der Waals surface area contributed by atoms with Gasteiger partial charge in [-0.1, -0.05) is 17.7 Å². The molecule has 96 valence electrons. The van der Waals surface area contributed by atoms with Gasteiger partial charge in [-0.05, 0) is 37.5 Å². The summed E-state index contributed by atoms with van der Waals surface area (Å²) in [5.74, 6) is 0.321. The summed E-state index contributed by atoms with van der Waals surface area (Å²) in [5.41, 5.74) is 1.96. The molecule has 0 bridgehead atoms. The SMILES string of the molecule is CC(=O)CCCCN1C(=O)Cc2ccc(Cl)cc21. The average Bonchev–Trinajstić information content (AvgIpc) is 2.60. The van der Waals surface area contributed by atoms with Crippen LogP contribution in [0.1, 0.15) is 31.7 Å². The Balaban J connectivity index is 1.99. The van der Waals surface area contributed by atoms with Crippen molar-refractivity contribution in [3.05, 3.63) is 28.8 Å². The van der Waals surface area contributed by atoms with Crippen molar-refractivity contribution in [2.75, 3.05) is 11.4 Å². The summed E-state index contributed by atoms with van der Waals surface area (Å²) in [5, 5.41) is 0.650. The smallest absolute Gasteiger partial charge is 0.231 e. The number of amides is 1. The predicted octanol–water partition coefficient (Wildman–Crippen LogP) is 2.99. The van der Waals surface area contributed by atoms with Gasteiger partial charge in [0.1, 0.15) is 5.78 Å². The maximum Gasteiger partial charge on any atom is 0.231 e. The summed E-state index contributed by atoms with van der Waals surface area (Å²) >= 11 is 5.96. The Labute approximate surface area is 112 Å². The van der Waals surface area contributed by atoms with Crippen molar-refractivity contribution in [2.45, 2.75) is 32.6 Å². The van der Waals surface area contributed by atoms with E-state index < -0.39 is 0 Å². The van der Waals surface area contributed by atoms with E-state index in [1.54, 1.807) is 11.8 Å². The summed E-state index contributed by atoms with van der Waals surface area (Å²) < 4.78 is 0. The number of anilines is 1. The summed E-state index contributed by atoms with van der Waals surface area (Å²) in [6, 6.07) is 5.56. The van der Waals surface area contributed by atoms with Gasteiger partial charge in [0.05, 0.1) is 6.42 Å². The van der Waals surface area contributed by atoms with Gasteiger partial charge in [0, 0.05) is 23.7 Å². The van der Waals surface area contributed by atoms with Gasteiger partial charge in [-0.15, -0.1) is 0 Å². The highest BCUT2D eigenvalue weighted by Gasteiger charge is 2.26.